The van der Waals surface area contributed by atoms with Crippen LogP contribution >= 0.6 is 38.5 Å². The highest BCUT2D eigenvalue weighted by Gasteiger charge is 2.14. The fraction of sp³-hybridized carbons (Fsp3) is 0.250. The molecule has 0 radical (unpaired) electrons. The summed E-state index contributed by atoms with van der Waals surface area (Å²) in [6, 6.07) is 14.2. The summed E-state index contributed by atoms with van der Waals surface area (Å²) in [6.07, 6.45) is -0.578. The molecular weight excluding hydrogens is 415 g/mol. The Morgan fingerprint density at radius 3 is 2.16 bits per heavy atom. The van der Waals surface area contributed by atoms with Crippen LogP contribution in [0.1, 0.15) is 42.6 Å². The molecule has 1 nitrogen and oxygen atoms in total. The van der Waals surface area contributed by atoms with Gasteiger partial charge in [0.2, 0.25) is 0 Å². The summed E-state index contributed by atoms with van der Waals surface area (Å²) in [5.74, 6) is 0.511. The molecule has 0 fully saturated rings. The molecule has 0 bridgehead atoms. The number of benzene rings is 2. The number of aliphatic hydroxyl groups excluding tert-OH is 1. The van der Waals surface area contributed by atoms with Gasteiger partial charge in [-0.25, -0.2) is 0 Å². The maximum absolute atomic E-state index is 10.5. The van der Waals surface area contributed by atoms with E-state index in [1.165, 1.54) is 5.56 Å². The van der Waals surface area contributed by atoms with E-state index in [-0.39, 0.29) is 0 Å². The number of halogens is 2. The van der Waals surface area contributed by atoms with Crippen molar-refractivity contribution < 1.29 is 5.11 Å². The van der Waals surface area contributed by atoms with Crippen LogP contribution in [0.4, 0.5) is 0 Å². The molecule has 2 aromatic rings. The standard InChI is InChI=1S/C16H16BrIO/c1-10(2)11-3-5-12(6-4-11)16(19)14-9-13(17)7-8-15(14)18/h3-10,16,19H,1-2H3. The van der Waals surface area contributed by atoms with E-state index >= 15 is 0 Å². The Morgan fingerprint density at radius 2 is 1.58 bits per heavy atom. The van der Waals surface area contributed by atoms with Gasteiger partial charge < -0.3 is 5.11 Å². The van der Waals surface area contributed by atoms with Gasteiger partial charge in [-0.1, -0.05) is 54.0 Å². The first-order valence-electron chi connectivity index (χ1n) is 6.22. The molecule has 100 valence electrons. The number of hydrogen-bond acceptors (Lipinski definition) is 1. The van der Waals surface area contributed by atoms with E-state index in [2.05, 4.69) is 64.5 Å². The second-order valence-electron chi connectivity index (χ2n) is 4.89. The van der Waals surface area contributed by atoms with Gasteiger partial charge in [-0.15, -0.1) is 0 Å². The third-order valence-electron chi connectivity index (χ3n) is 3.17. The molecule has 2 rings (SSSR count). The van der Waals surface area contributed by atoms with Crippen molar-refractivity contribution in [3.05, 3.63) is 67.2 Å². The van der Waals surface area contributed by atoms with Crippen LogP contribution in [-0.2, 0) is 0 Å². The lowest BCUT2D eigenvalue weighted by Crippen LogP contribution is -2.02. The molecule has 0 aliphatic carbocycles. The van der Waals surface area contributed by atoms with Crippen LogP contribution in [0.25, 0.3) is 0 Å². The topological polar surface area (TPSA) is 20.2 Å². The molecule has 1 N–H and O–H groups in total. The van der Waals surface area contributed by atoms with Crippen molar-refractivity contribution in [3.8, 4) is 0 Å². The Hall–Kier alpha value is -0.390. The predicted octanol–water partition coefficient (Wildman–Crippen LogP) is 5.26. The maximum Gasteiger partial charge on any atom is 0.105 e. The molecule has 3 heteroatoms. The monoisotopic (exact) mass is 430 g/mol. The first-order valence-corrected chi connectivity index (χ1v) is 8.09. The van der Waals surface area contributed by atoms with E-state index in [9.17, 15) is 5.11 Å². The van der Waals surface area contributed by atoms with Gasteiger partial charge in [0.15, 0.2) is 0 Å². The third kappa shape index (κ3) is 3.58. The van der Waals surface area contributed by atoms with Gasteiger partial charge in [-0.05, 0) is 63.4 Å². The molecule has 0 saturated heterocycles. The fourth-order valence-electron chi connectivity index (χ4n) is 1.97. The molecule has 1 unspecified atom stereocenters. The molecular formula is C16H16BrIO. The minimum atomic E-state index is -0.578. The van der Waals surface area contributed by atoms with Gasteiger partial charge in [0.1, 0.15) is 6.10 Å². The van der Waals surface area contributed by atoms with Crippen molar-refractivity contribution in [1.82, 2.24) is 0 Å². The molecule has 0 saturated carbocycles. The minimum absolute atomic E-state index is 0.511. The molecule has 0 amide bonds. The lowest BCUT2D eigenvalue weighted by atomic mass is 9.97. The molecule has 0 aromatic heterocycles. The second-order valence-corrected chi connectivity index (χ2v) is 6.97. The van der Waals surface area contributed by atoms with Crippen molar-refractivity contribution in [2.24, 2.45) is 0 Å². The number of hydrogen-bond donors (Lipinski definition) is 1. The summed E-state index contributed by atoms with van der Waals surface area (Å²) in [4.78, 5) is 0. The Bertz CT molecular complexity index is 563. The normalized spacial score (nSPS) is 12.7. The smallest absolute Gasteiger partial charge is 0.105 e. The van der Waals surface area contributed by atoms with Gasteiger partial charge in [0, 0.05) is 8.04 Å². The zero-order valence-electron chi connectivity index (χ0n) is 10.9. The summed E-state index contributed by atoms with van der Waals surface area (Å²) in [7, 11) is 0. The Morgan fingerprint density at radius 1 is 1.00 bits per heavy atom. The largest absolute Gasteiger partial charge is 0.384 e. The number of rotatable bonds is 3. The van der Waals surface area contributed by atoms with E-state index < -0.39 is 6.10 Å². The molecule has 0 heterocycles. The van der Waals surface area contributed by atoms with Crippen molar-refractivity contribution in [1.29, 1.82) is 0 Å². The van der Waals surface area contributed by atoms with E-state index in [1.807, 2.05) is 30.3 Å². The zero-order valence-corrected chi connectivity index (χ0v) is 14.6. The SMILES string of the molecule is CC(C)c1ccc(C(O)c2cc(Br)ccc2I)cc1. The fourth-order valence-corrected chi connectivity index (χ4v) is 2.98. The Balaban J connectivity index is 2.33. The summed E-state index contributed by atoms with van der Waals surface area (Å²) < 4.78 is 2.06. The third-order valence-corrected chi connectivity index (χ3v) is 4.65. The first kappa shape index (κ1) is 15.0. The maximum atomic E-state index is 10.5. The van der Waals surface area contributed by atoms with Gasteiger partial charge >= 0.3 is 0 Å². The lowest BCUT2D eigenvalue weighted by Gasteiger charge is -2.15. The molecule has 0 aliphatic rings. The summed E-state index contributed by atoms with van der Waals surface area (Å²) in [5.41, 5.74) is 3.16. The van der Waals surface area contributed by atoms with Crippen LogP contribution < -0.4 is 0 Å². The molecule has 2 aromatic carbocycles. The lowest BCUT2D eigenvalue weighted by molar-refractivity contribution is 0.219. The van der Waals surface area contributed by atoms with E-state index in [4.69, 9.17) is 0 Å². The summed E-state index contributed by atoms with van der Waals surface area (Å²) in [5, 5.41) is 10.5. The van der Waals surface area contributed by atoms with Gasteiger partial charge in [-0.2, -0.15) is 0 Å². The predicted molar refractivity (Wildman–Crippen MR) is 91.5 cm³/mol. The van der Waals surface area contributed by atoms with E-state index in [0.29, 0.717) is 5.92 Å². The van der Waals surface area contributed by atoms with Gasteiger partial charge in [-0.3, -0.25) is 0 Å². The highest BCUT2D eigenvalue weighted by molar-refractivity contribution is 14.1. The molecule has 19 heavy (non-hydrogen) atoms. The van der Waals surface area contributed by atoms with Crippen LogP contribution in [0.5, 0.6) is 0 Å². The van der Waals surface area contributed by atoms with E-state index in [0.717, 1.165) is 19.2 Å². The Kier molecular flexibility index (Phi) is 5.03. The van der Waals surface area contributed by atoms with Crippen LogP contribution in [0.15, 0.2) is 46.9 Å². The summed E-state index contributed by atoms with van der Waals surface area (Å²) >= 11 is 5.71. The van der Waals surface area contributed by atoms with Crippen molar-refractivity contribution in [2.75, 3.05) is 0 Å². The quantitative estimate of drug-likeness (QED) is 0.658. The minimum Gasteiger partial charge on any atom is -0.384 e. The van der Waals surface area contributed by atoms with Crippen molar-refractivity contribution in [2.45, 2.75) is 25.9 Å². The average molecular weight is 431 g/mol. The molecule has 0 spiro atoms. The highest BCUT2D eigenvalue weighted by Crippen LogP contribution is 2.29. The van der Waals surface area contributed by atoms with E-state index in [1.54, 1.807) is 0 Å². The number of aliphatic hydroxyl groups is 1. The van der Waals surface area contributed by atoms with Crippen LogP contribution in [0.3, 0.4) is 0 Å². The van der Waals surface area contributed by atoms with Gasteiger partial charge in [0.25, 0.3) is 0 Å². The Labute approximate surface area is 136 Å². The molecule has 1 atom stereocenters. The van der Waals surface area contributed by atoms with Crippen LogP contribution in [0, 0.1) is 3.57 Å². The molecule has 0 aliphatic heterocycles. The average Bonchev–Trinajstić information content (AvgIpc) is 2.41. The highest BCUT2D eigenvalue weighted by atomic mass is 127. The van der Waals surface area contributed by atoms with Crippen LogP contribution in [-0.4, -0.2) is 5.11 Å². The van der Waals surface area contributed by atoms with Gasteiger partial charge in [0.05, 0.1) is 0 Å². The second kappa shape index (κ2) is 6.37. The van der Waals surface area contributed by atoms with Crippen molar-refractivity contribution in [3.63, 3.8) is 0 Å². The van der Waals surface area contributed by atoms with Crippen LogP contribution in [0.2, 0.25) is 0 Å². The van der Waals surface area contributed by atoms with Crippen molar-refractivity contribution >= 4 is 38.5 Å². The first-order chi connectivity index (χ1) is 8.99. The summed E-state index contributed by atoms with van der Waals surface area (Å²) in [6.45, 7) is 4.34. The zero-order chi connectivity index (χ0) is 14.0.